The van der Waals surface area contributed by atoms with Gasteiger partial charge in [-0.05, 0) is 44.5 Å². The lowest BCUT2D eigenvalue weighted by molar-refractivity contribution is -0.140. The average Bonchev–Trinajstić information content (AvgIpc) is 2.95. The normalized spacial score (nSPS) is 10.6. The van der Waals surface area contributed by atoms with Crippen molar-refractivity contribution in [1.29, 1.82) is 0 Å². The molecular formula is C20H22ClNO6. The second-order valence-electron chi connectivity index (χ2n) is 6.28. The second-order valence-corrected chi connectivity index (χ2v) is 6.71. The van der Waals surface area contributed by atoms with Crippen molar-refractivity contribution in [1.82, 2.24) is 4.57 Å². The van der Waals surface area contributed by atoms with E-state index in [0.717, 1.165) is 11.4 Å². The van der Waals surface area contributed by atoms with Crippen LogP contribution in [0.15, 0.2) is 24.3 Å². The predicted molar refractivity (Wildman–Crippen MR) is 103 cm³/mol. The highest BCUT2D eigenvalue weighted by Gasteiger charge is 2.19. The number of Topliss-reactive ketones (excluding diaryl/α,β-unsaturated/α-hetero) is 1. The summed E-state index contributed by atoms with van der Waals surface area (Å²) in [6.07, 6.45) is 0.872. The molecule has 0 atom stereocenters. The van der Waals surface area contributed by atoms with E-state index >= 15 is 0 Å². The second kappa shape index (κ2) is 9.41. The number of nitrogens with zero attached hydrogens (tertiary/aromatic N) is 1. The number of aromatic hydroxyl groups is 1. The lowest BCUT2D eigenvalue weighted by Crippen LogP contribution is -2.15. The van der Waals surface area contributed by atoms with Gasteiger partial charge in [0.1, 0.15) is 11.3 Å². The number of hydrogen-bond acceptors (Lipinski definition) is 6. The Morgan fingerprint density at radius 2 is 1.86 bits per heavy atom. The molecule has 0 aliphatic carbocycles. The topological polar surface area (TPSA) is 94.8 Å². The summed E-state index contributed by atoms with van der Waals surface area (Å²) in [4.78, 5) is 35.8. The zero-order valence-corrected chi connectivity index (χ0v) is 16.7. The van der Waals surface area contributed by atoms with Gasteiger partial charge in [-0.3, -0.25) is 9.59 Å². The Labute approximate surface area is 167 Å². The Bertz CT molecular complexity index is 902. The molecule has 0 radical (unpaired) electrons. The van der Waals surface area contributed by atoms with Gasteiger partial charge in [-0.2, -0.15) is 0 Å². The lowest BCUT2D eigenvalue weighted by Gasteiger charge is -2.09. The van der Waals surface area contributed by atoms with Gasteiger partial charge in [0, 0.05) is 34.9 Å². The number of phenols is 1. The first-order chi connectivity index (χ1) is 13.2. The van der Waals surface area contributed by atoms with Crippen molar-refractivity contribution >= 4 is 29.3 Å². The van der Waals surface area contributed by atoms with Crippen molar-refractivity contribution in [3.8, 4) is 5.75 Å². The molecule has 0 aliphatic heterocycles. The largest absolute Gasteiger partial charge is 0.507 e. The Kier molecular flexibility index (Phi) is 7.23. The first kappa shape index (κ1) is 21.5. The van der Waals surface area contributed by atoms with Crippen LogP contribution in [-0.2, 0) is 20.8 Å². The lowest BCUT2D eigenvalue weighted by atomic mass is 10.1. The standard InChI is InChI=1S/C20H22ClNO6/c1-12-9-15(13(2)22(12)8-4-5-19(25)27-3)18(24)11-28-20(26)16-10-14(21)6-7-17(16)23/h6-7,9-10,23H,4-5,8,11H2,1-3H3. The summed E-state index contributed by atoms with van der Waals surface area (Å²) in [5.41, 5.74) is 1.94. The van der Waals surface area contributed by atoms with Gasteiger partial charge in [0.05, 0.1) is 7.11 Å². The van der Waals surface area contributed by atoms with Crippen molar-refractivity contribution in [3.63, 3.8) is 0 Å². The first-order valence-corrected chi connectivity index (χ1v) is 9.04. The molecule has 7 nitrogen and oxygen atoms in total. The Hall–Kier alpha value is -2.80. The molecule has 1 aromatic carbocycles. The van der Waals surface area contributed by atoms with Crippen LogP contribution in [0.3, 0.4) is 0 Å². The molecule has 8 heteroatoms. The third kappa shape index (κ3) is 5.13. The van der Waals surface area contributed by atoms with Crippen molar-refractivity contribution in [3.05, 3.63) is 51.8 Å². The van der Waals surface area contributed by atoms with Gasteiger partial charge in [0.25, 0.3) is 0 Å². The number of halogens is 1. The number of aryl methyl sites for hydroxylation is 1. The van der Waals surface area contributed by atoms with Gasteiger partial charge >= 0.3 is 11.9 Å². The van der Waals surface area contributed by atoms with E-state index in [1.165, 1.54) is 25.3 Å². The maximum Gasteiger partial charge on any atom is 0.342 e. The van der Waals surface area contributed by atoms with E-state index in [2.05, 4.69) is 4.74 Å². The predicted octanol–water partition coefficient (Wildman–Crippen LogP) is 3.46. The fourth-order valence-corrected chi connectivity index (χ4v) is 3.04. The van der Waals surface area contributed by atoms with E-state index < -0.39 is 12.6 Å². The Morgan fingerprint density at radius 3 is 2.54 bits per heavy atom. The van der Waals surface area contributed by atoms with Gasteiger partial charge in [0.2, 0.25) is 5.78 Å². The number of ether oxygens (including phenoxy) is 2. The highest BCUT2D eigenvalue weighted by atomic mass is 35.5. The van der Waals surface area contributed by atoms with E-state index in [-0.39, 0.29) is 34.5 Å². The van der Waals surface area contributed by atoms with Crippen LogP contribution in [0.2, 0.25) is 5.02 Å². The number of methoxy groups -OCH3 is 1. The summed E-state index contributed by atoms with van der Waals surface area (Å²) in [5.74, 6) is -1.75. The van der Waals surface area contributed by atoms with Crippen LogP contribution in [0, 0.1) is 13.8 Å². The highest BCUT2D eigenvalue weighted by Crippen LogP contribution is 2.22. The zero-order chi connectivity index (χ0) is 20.8. The number of hydrogen-bond donors (Lipinski definition) is 1. The molecule has 0 fully saturated rings. The summed E-state index contributed by atoms with van der Waals surface area (Å²) < 4.78 is 11.6. The number of esters is 2. The monoisotopic (exact) mass is 407 g/mol. The molecule has 0 unspecified atom stereocenters. The van der Waals surface area contributed by atoms with E-state index in [9.17, 15) is 19.5 Å². The number of carbonyl (C=O) groups excluding carboxylic acids is 3. The maximum absolute atomic E-state index is 12.5. The number of carbonyl (C=O) groups is 3. The van der Waals surface area contributed by atoms with E-state index in [4.69, 9.17) is 16.3 Å². The van der Waals surface area contributed by atoms with Crippen LogP contribution in [-0.4, -0.2) is 41.1 Å². The molecule has 0 aliphatic rings. The van der Waals surface area contributed by atoms with Crippen LogP contribution in [0.5, 0.6) is 5.75 Å². The number of benzene rings is 1. The Morgan fingerprint density at radius 1 is 1.14 bits per heavy atom. The molecule has 0 amide bonds. The van der Waals surface area contributed by atoms with Crippen molar-refractivity contribution in [2.75, 3.05) is 13.7 Å². The number of phenolic OH excluding ortho intramolecular Hbond substituents is 1. The maximum atomic E-state index is 12.5. The van der Waals surface area contributed by atoms with E-state index in [1.807, 2.05) is 11.5 Å². The third-order valence-corrected chi connectivity index (χ3v) is 4.61. The number of ketones is 1. The fraction of sp³-hybridized carbons (Fsp3) is 0.350. The van der Waals surface area contributed by atoms with Crippen molar-refractivity contribution in [2.45, 2.75) is 33.2 Å². The van der Waals surface area contributed by atoms with Gasteiger partial charge in [-0.1, -0.05) is 11.6 Å². The highest BCUT2D eigenvalue weighted by molar-refractivity contribution is 6.31. The minimum atomic E-state index is -0.833. The van der Waals surface area contributed by atoms with Gasteiger partial charge < -0.3 is 19.1 Å². The van der Waals surface area contributed by atoms with E-state index in [1.54, 1.807) is 13.0 Å². The van der Waals surface area contributed by atoms with Gasteiger partial charge in [-0.25, -0.2) is 4.79 Å². The van der Waals surface area contributed by atoms with E-state index in [0.29, 0.717) is 18.5 Å². The minimum absolute atomic E-state index is 0.103. The summed E-state index contributed by atoms with van der Waals surface area (Å²) >= 11 is 5.81. The van der Waals surface area contributed by atoms with Crippen LogP contribution >= 0.6 is 11.6 Å². The van der Waals surface area contributed by atoms with Crippen LogP contribution in [0.4, 0.5) is 0 Å². The molecule has 28 heavy (non-hydrogen) atoms. The Balaban J connectivity index is 2.02. The molecule has 0 spiro atoms. The molecule has 0 saturated heterocycles. The molecule has 150 valence electrons. The van der Waals surface area contributed by atoms with Crippen LogP contribution in [0.25, 0.3) is 0 Å². The molecule has 1 N–H and O–H groups in total. The number of aromatic nitrogens is 1. The molecule has 0 saturated carbocycles. The summed E-state index contributed by atoms with van der Waals surface area (Å²) in [6, 6.07) is 5.72. The fourth-order valence-electron chi connectivity index (χ4n) is 2.87. The third-order valence-electron chi connectivity index (χ3n) is 4.38. The number of rotatable bonds is 8. The van der Waals surface area contributed by atoms with Crippen molar-refractivity contribution < 1.29 is 29.0 Å². The van der Waals surface area contributed by atoms with Crippen LogP contribution < -0.4 is 0 Å². The molecular weight excluding hydrogens is 386 g/mol. The molecule has 2 rings (SSSR count). The average molecular weight is 408 g/mol. The van der Waals surface area contributed by atoms with Gasteiger partial charge in [0.15, 0.2) is 6.61 Å². The van der Waals surface area contributed by atoms with Crippen LogP contribution in [0.1, 0.15) is 44.9 Å². The summed E-state index contributed by atoms with van der Waals surface area (Å²) in [6.45, 7) is 3.76. The SMILES string of the molecule is COC(=O)CCCn1c(C)cc(C(=O)COC(=O)c2cc(Cl)ccc2O)c1C. The smallest absolute Gasteiger partial charge is 0.342 e. The van der Waals surface area contributed by atoms with Crippen molar-refractivity contribution in [2.24, 2.45) is 0 Å². The quantitative estimate of drug-likeness (QED) is 0.532. The summed E-state index contributed by atoms with van der Waals surface area (Å²) in [7, 11) is 1.34. The first-order valence-electron chi connectivity index (χ1n) is 8.67. The zero-order valence-electron chi connectivity index (χ0n) is 16.0. The minimum Gasteiger partial charge on any atom is -0.507 e. The van der Waals surface area contributed by atoms with Gasteiger partial charge in [-0.15, -0.1) is 0 Å². The molecule has 2 aromatic rings. The molecule has 1 heterocycles. The summed E-state index contributed by atoms with van der Waals surface area (Å²) in [5, 5.41) is 10.0. The molecule has 1 aromatic heterocycles. The molecule has 0 bridgehead atoms.